The van der Waals surface area contributed by atoms with Crippen LogP contribution in [0.25, 0.3) is 0 Å². The van der Waals surface area contributed by atoms with E-state index in [0.29, 0.717) is 0 Å². The van der Waals surface area contributed by atoms with Gasteiger partial charge in [-0.15, -0.1) is 6.42 Å². The van der Waals surface area contributed by atoms with Gasteiger partial charge in [-0.2, -0.15) is 0 Å². The first kappa shape index (κ1) is 12.1. The van der Waals surface area contributed by atoms with E-state index in [4.69, 9.17) is 11.5 Å². The van der Waals surface area contributed by atoms with Crippen molar-refractivity contribution in [1.82, 2.24) is 0 Å². The molecule has 16 heavy (non-hydrogen) atoms. The Labute approximate surface area is 93.3 Å². The van der Waals surface area contributed by atoms with Gasteiger partial charge in [0, 0.05) is 0 Å². The lowest BCUT2D eigenvalue weighted by molar-refractivity contribution is 0.0696. The highest BCUT2D eigenvalue weighted by molar-refractivity contribution is 5.88. The second-order valence-corrected chi connectivity index (χ2v) is 3.89. The van der Waals surface area contributed by atoms with E-state index in [1.54, 1.807) is 13.8 Å². The summed E-state index contributed by atoms with van der Waals surface area (Å²) in [5.41, 5.74) is -0.597. The molecule has 0 saturated carbocycles. The summed E-state index contributed by atoms with van der Waals surface area (Å²) in [5, 5.41) is 11.5. The maximum absolute atomic E-state index is 13.5. The summed E-state index contributed by atoms with van der Waals surface area (Å²) in [4.78, 5) is 10.6. The standard InChI is InChI=1S/C12H12FNO2/c1-4-12(2,3)14-10-6-5-8(11(15)16)7-9(10)13/h1,5-7,14H,2-3H3,(H,15,16). The van der Waals surface area contributed by atoms with Crippen LogP contribution in [0.2, 0.25) is 0 Å². The minimum absolute atomic E-state index is 0.0958. The third-order valence-electron chi connectivity index (χ3n) is 2.02. The molecule has 2 N–H and O–H groups in total. The van der Waals surface area contributed by atoms with Gasteiger partial charge in [0.15, 0.2) is 0 Å². The van der Waals surface area contributed by atoms with Gasteiger partial charge in [0.25, 0.3) is 0 Å². The molecule has 1 rings (SSSR count). The van der Waals surface area contributed by atoms with E-state index in [1.165, 1.54) is 12.1 Å². The van der Waals surface area contributed by atoms with Crippen LogP contribution in [-0.2, 0) is 0 Å². The van der Waals surface area contributed by atoms with E-state index in [0.717, 1.165) is 6.07 Å². The number of hydrogen-bond acceptors (Lipinski definition) is 2. The largest absolute Gasteiger partial charge is 0.478 e. The molecule has 0 aliphatic carbocycles. The second kappa shape index (κ2) is 4.23. The monoisotopic (exact) mass is 221 g/mol. The molecule has 0 spiro atoms. The van der Waals surface area contributed by atoms with Crippen LogP contribution in [0, 0.1) is 18.2 Å². The van der Waals surface area contributed by atoms with Crippen LogP contribution in [0.4, 0.5) is 10.1 Å². The first-order valence-electron chi connectivity index (χ1n) is 4.64. The van der Waals surface area contributed by atoms with E-state index in [1.807, 2.05) is 0 Å². The predicted octanol–water partition coefficient (Wildman–Crippen LogP) is 2.35. The van der Waals surface area contributed by atoms with E-state index in [2.05, 4.69) is 11.2 Å². The van der Waals surface area contributed by atoms with Crippen LogP contribution >= 0.6 is 0 Å². The number of aromatic carboxylic acids is 1. The molecule has 0 unspecified atom stereocenters. The number of nitrogens with one attached hydrogen (secondary N) is 1. The summed E-state index contributed by atoms with van der Waals surface area (Å²) in [6, 6.07) is 3.63. The van der Waals surface area contributed by atoms with Gasteiger partial charge in [-0.1, -0.05) is 5.92 Å². The number of anilines is 1. The Morgan fingerprint density at radius 1 is 1.56 bits per heavy atom. The number of carboxylic acids is 1. The molecule has 0 bridgehead atoms. The average Bonchev–Trinajstić information content (AvgIpc) is 2.20. The fraction of sp³-hybridized carbons (Fsp3) is 0.250. The first-order valence-corrected chi connectivity index (χ1v) is 4.64. The Balaban J connectivity index is 3.02. The number of rotatable bonds is 3. The molecule has 0 atom stereocenters. The number of hydrogen-bond donors (Lipinski definition) is 2. The minimum atomic E-state index is -1.17. The van der Waals surface area contributed by atoms with Crippen molar-refractivity contribution in [3.63, 3.8) is 0 Å². The SMILES string of the molecule is C#CC(C)(C)Nc1ccc(C(=O)O)cc1F. The summed E-state index contributed by atoms with van der Waals surface area (Å²) in [6.45, 7) is 3.44. The van der Waals surface area contributed by atoms with E-state index in [-0.39, 0.29) is 11.3 Å². The summed E-state index contributed by atoms with van der Waals surface area (Å²) in [7, 11) is 0. The minimum Gasteiger partial charge on any atom is -0.478 e. The van der Waals surface area contributed by atoms with Crippen LogP contribution in [0.15, 0.2) is 18.2 Å². The van der Waals surface area contributed by atoms with Crippen molar-refractivity contribution in [2.24, 2.45) is 0 Å². The first-order chi connectivity index (χ1) is 7.35. The zero-order valence-electron chi connectivity index (χ0n) is 9.04. The Morgan fingerprint density at radius 3 is 2.62 bits per heavy atom. The Hall–Kier alpha value is -2.02. The number of carboxylic acid groups (broad SMARTS) is 1. The normalized spacial score (nSPS) is 10.6. The second-order valence-electron chi connectivity index (χ2n) is 3.89. The molecular weight excluding hydrogens is 209 g/mol. The van der Waals surface area contributed by atoms with Gasteiger partial charge in [-0.25, -0.2) is 9.18 Å². The molecule has 0 aromatic heterocycles. The van der Waals surface area contributed by atoms with Gasteiger partial charge in [0.1, 0.15) is 5.82 Å². The maximum Gasteiger partial charge on any atom is 0.335 e. The highest BCUT2D eigenvalue weighted by atomic mass is 19.1. The van der Waals surface area contributed by atoms with E-state index < -0.39 is 17.3 Å². The zero-order chi connectivity index (χ0) is 12.3. The summed E-state index contributed by atoms with van der Waals surface area (Å²) in [6.07, 6.45) is 5.25. The summed E-state index contributed by atoms with van der Waals surface area (Å²) >= 11 is 0. The molecular formula is C12H12FNO2. The predicted molar refractivity (Wildman–Crippen MR) is 59.9 cm³/mol. The van der Waals surface area contributed by atoms with Crippen molar-refractivity contribution in [2.45, 2.75) is 19.4 Å². The number of terminal acetylenes is 1. The smallest absolute Gasteiger partial charge is 0.335 e. The topological polar surface area (TPSA) is 49.3 Å². The lowest BCUT2D eigenvalue weighted by atomic mass is 10.1. The lowest BCUT2D eigenvalue weighted by Crippen LogP contribution is -2.29. The van der Waals surface area contributed by atoms with E-state index >= 15 is 0 Å². The molecule has 0 saturated heterocycles. The van der Waals surface area contributed by atoms with Crippen LogP contribution < -0.4 is 5.32 Å². The van der Waals surface area contributed by atoms with Crippen molar-refractivity contribution in [2.75, 3.05) is 5.32 Å². The molecule has 0 aliphatic rings. The molecule has 3 nitrogen and oxygen atoms in total. The number of benzene rings is 1. The molecule has 0 heterocycles. The lowest BCUT2D eigenvalue weighted by Gasteiger charge is -2.21. The fourth-order valence-corrected chi connectivity index (χ4v) is 1.12. The fourth-order valence-electron chi connectivity index (χ4n) is 1.12. The molecule has 4 heteroatoms. The van der Waals surface area contributed by atoms with Gasteiger partial charge < -0.3 is 10.4 Å². The molecule has 1 aromatic rings. The van der Waals surface area contributed by atoms with Gasteiger partial charge in [-0.3, -0.25) is 0 Å². The van der Waals surface area contributed by atoms with Crippen molar-refractivity contribution in [1.29, 1.82) is 0 Å². The molecule has 0 fully saturated rings. The number of halogens is 1. The van der Waals surface area contributed by atoms with Gasteiger partial charge >= 0.3 is 5.97 Å². The molecule has 0 radical (unpaired) electrons. The quantitative estimate of drug-likeness (QED) is 0.770. The molecule has 1 aromatic carbocycles. The zero-order valence-corrected chi connectivity index (χ0v) is 9.04. The highest BCUT2D eigenvalue weighted by Gasteiger charge is 2.16. The van der Waals surface area contributed by atoms with Crippen molar-refractivity contribution in [3.8, 4) is 12.3 Å². The van der Waals surface area contributed by atoms with Crippen molar-refractivity contribution >= 4 is 11.7 Å². The average molecular weight is 221 g/mol. The van der Waals surface area contributed by atoms with Crippen molar-refractivity contribution in [3.05, 3.63) is 29.6 Å². The molecule has 0 aliphatic heterocycles. The summed E-state index contributed by atoms with van der Waals surface area (Å²) < 4.78 is 13.5. The van der Waals surface area contributed by atoms with Crippen LogP contribution in [-0.4, -0.2) is 16.6 Å². The van der Waals surface area contributed by atoms with Crippen LogP contribution in [0.1, 0.15) is 24.2 Å². The summed E-state index contributed by atoms with van der Waals surface area (Å²) in [5.74, 6) is 0.659. The third-order valence-corrected chi connectivity index (χ3v) is 2.02. The van der Waals surface area contributed by atoms with E-state index in [9.17, 15) is 9.18 Å². The Morgan fingerprint density at radius 2 is 2.19 bits per heavy atom. The highest BCUT2D eigenvalue weighted by Crippen LogP contribution is 2.19. The Bertz CT molecular complexity index is 461. The van der Waals surface area contributed by atoms with Crippen LogP contribution in [0.5, 0.6) is 0 Å². The van der Waals surface area contributed by atoms with Crippen LogP contribution in [0.3, 0.4) is 0 Å². The number of carbonyl (C=O) groups is 1. The third kappa shape index (κ3) is 2.74. The van der Waals surface area contributed by atoms with Gasteiger partial charge in [0.2, 0.25) is 0 Å². The molecule has 0 amide bonds. The molecule has 84 valence electrons. The van der Waals surface area contributed by atoms with Gasteiger partial charge in [-0.05, 0) is 32.0 Å². The maximum atomic E-state index is 13.5. The van der Waals surface area contributed by atoms with Gasteiger partial charge in [0.05, 0.1) is 16.8 Å². The Kier molecular flexibility index (Phi) is 3.19. The van der Waals surface area contributed by atoms with Crippen molar-refractivity contribution < 1.29 is 14.3 Å².